The topological polar surface area (TPSA) is 0 Å². The van der Waals surface area contributed by atoms with Crippen LogP contribution in [0.4, 0.5) is 0 Å². The third-order valence-corrected chi connectivity index (χ3v) is 8.04. The van der Waals surface area contributed by atoms with E-state index < -0.39 is 0 Å². The van der Waals surface area contributed by atoms with Gasteiger partial charge in [-0.1, -0.05) is 61.6 Å². The van der Waals surface area contributed by atoms with Crippen molar-refractivity contribution < 1.29 is 0 Å². The first kappa shape index (κ1) is 17.6. The summed E-state index contributed by atoms with van der Waals surface area (Å²) in [4.78, 5) is 0. The molecular formula is C25H38. The highest BCUT2D eigenvalue weighted by atomic mass is 14.4. The maximum atomic E-state index is 2.71. The van der Waals surface area contributed by atoms with Gasteiger partial charge in [0.15, 0.2) is 0 Å². The van der Waals surface area contributed by atoms with Crippen LogP contribution in [-0.2, 0) is 0 Å². The third kappa shape index (κ3) is 3.69. The van der Waals surface area contributed by atoms with Crippen LogP contribution in [0.5, 0.6) is 0 Å². The second kappa shape index (κ2) is 7.85. The Balaban J connectivity index is 1.69. The van der Waals surface area contributed by atoms with Crippen LogP contribution < -0.4 is 0 Å². The van der Waals surface area contributed by atoms with Crippen molar-refractivity contribution in [3.05, 3.63) is 35.5 Å². The summed E-state index contributed by atoms with van der Waals surface area (Å²) in [5.41, 5.74) is 3.53. The average Bonchev–Trinajstić information content (AvgIpc) is 2.69. The van der Waals surface area contributed by atoms with E-state index >= 15 is 0 Å². The van der Waals surface area contributed by atoms with Crippen molar-refractivity contribution >= 4 is 0 Å². The van der Waals surface area contributed by atoms with Gasteiger partial charge in [-0.25, -0.2) is 0 Å². The smallest absolute Gasteiger partial charge is 0.0143 e. The van der Waals surface area contributed by atoms with Crippen LogP contribution >= 0.6 is 0 Å². The lowest BCUT2D eigenvalue weighted by molar-refractivity contribution is 0.133. The summed E-state index contributed by atoms with van der Waals surface area (Å²) in [5.74, 6) is 5.23. The molecule has 0 heterocycles. The second-order valence-electron chi connectivity index (χ2n) is 9.60. The van der Waals surface area contributed by atoms with Gasteiger partial charge >= 0.3 is 0 Å². The molecule has 0 bridgehead atoms. The number of fused-ring (bicyclic) bond motifs is 2. The van der Waals surface area contributed by atoms with E-state index in [4.69, 9.17) is 0 Å². The van der Waals surface area contributed by atoms with Crippen LogP contribution in [0.3, 0.4) is 0 Å². The molecule has 0 aromatic rings. The normalized spacial score (nSPS) is 41.3. The van der Waals surface area contributed by atoms with Crippen LogP contribution in [-0.4, -0.2) is 0 Å². The minimum absolute atomic E-state index is 0.798. The van der Waals surface area contributed by atoms with Gasteiger partial charge in [0.25, 0.3) is 0 Å². The first-order valence-corrected chi connectivity index (χ1v) is 11.3. The summed E-state index contributed by atoms with van der Waals surface area (Å²) in [6.07, 6.45) is 26.1. The zero-order valence-electron chi connectivity index (χ0n) is 16.6. The molecule has 0 radical (unpaired) electrons. The van der Waals surface area contributed by atoms with E-state index in [1.54, 1.807) is 5.57 Å². The van der Waals surface area contributed by atoms with E-state index in [2.05, 4.69) is 38.2 Å². The van der Waals surface area contributed by atoms with Gasteiger partial charge in [-0.2, -0.15) is 0 Å². The summed E-state index contributed by atoms with van der Waals surface area (Å²) >= 11 is 0. The van der Waals surface area contributed by atoms with Crippen molar-refractivity contribution in [2.75, 3.05) is 0 Å². The summed E-state index contributed by atoms with van der Waals surface area (Å²) in [6, 6.07) is 0. The third-order valence-electron chi connectivity index (χ3n) is 8.04. The Bertz CT molecular complexity index is 542. The number of hydrogen-bond acceptors (Lipinski definition) is 0. The van der Waals surface area contributed by atoms with Crippen molar-refractivity contribution in [1.29, 1.82) is 0 Å². The summed E-state index contributed by atoms with van der Waals surface area (Å²) in [5, 5.41) is 0. The standard InChI is InChI=1S/C25H38/c1-18-15-16-23-19(2)25(21-10-4-3-5-11-21)24-14-7-6-9-20(24)12-8-13-22(23)17-18/h8,13-15,19-23,25H,3-7,9-12,16-17H2,1-2H3/b13-8-. The van der Waals surface area contributed by atoms with Crippen LogP contribution in [0.25, 0.3) is 0 Å². The van der Waals surface area contributed by atoms with Gasteiger partial charge in [-0.3, -0.25) is 0 Å². The van der Waals surface area contributed by atoms with Gasteiger partial charge < -0.3 is 0 Å². The summed E-state index contributed by atoms with van der Waals surface area (Å²) in [6.45, 7) is 4.99. The molecule has 5 atom stereocenters. The Hall–Kier alpha value is -0.780. The summed E-state index contributed by atoms with van der Waals surface area (Å²) < 4.78 is 0. The first-order chi connectivity index (χ1) is 12.2. The average molecular weight is 339 g/mol. The van der Waals surface area contributed by atoms with E-state index in [1.807, 2.05) is 5.57 Å². The minimum Gasteiger partial charge on any atom is -0.0876 e. The molecule has 0 aromatic heterocycles. The minimum atomic E-state index is 0.798. The lowest BCUT2D eigenvalue weighted by atomic mass is 9.61. The molecule has 4 aliphatic carbocycles. The first-order valence-electron chi connectivity index (χ1n) is 11.3. The van der Waals surface area contributed by atoms with Crippen LogP contribution in [0.2, 0.25) is 0 Å². The molecule has 0 N–H and O–H groups in total. The molecule has 1 saturated carbocycles. The highest BCUT2D eigenvalue weighted by molar-refractivity contribution is 5.21. The number of allylic oxidation sites excluding steroid dienone is 6. The predicted molar refractivity (Wildman–Crippen MR) is 108 cm³/mol. The molecule has 1 fully saturated rings. The molecule has 4 aliphatic rings. The van der Waals surface area contributed by atoms with E-state index in [1.165, 1.54) is 70.6 Å². The molecule has 138 valence electrons. The van der Waals surface area contributed by atoms with Gasteiger partial charge in [0, 0.05) is 0 Å². The van der Waals surface area contributed by atoms with Crippen molar-refractivity contribution in [2.24, 2.45) is 35.5 Å². The van der Waals surface area contributed by atoms with E-state index in [-0.39, 0.29) is 0 Å². The Kier molecular flexibility index (Phi) is 5.53. The highest BCUT2D eigenvalue weighted by Crippen LogP contribution is 2.50. The fourth-order valence-corrected chi connectivity index (χ4v) is 6.74. The second-order valence-corrected chi connectivity index (χ2v) is 9.60. The lowest BCUT2D eigenvalue weighted by Gasteiger charge is -2.44. The number of rotatable bonds is 1. The molecule has 0 heteroatoms. The summed E-state index contributed by atoms with van der Waals surface area (Å²) in [7, 11) is 0. The number of hydrogen-bond donors (Lipinski definition) is 0. The predicted octanol–water partition coefficient (Wildman–Crippen LogP) is 7.48. The van der Waals surface area contributed by atoms with Gasteiger partial charge in [-0.15, -0.1) is 0 Å². The highest BCUT2D eigenvalue weighted by Gasteiger charge is 2.40. The largest absolute Gasteiger partial charge is 0.0876 e. The molecule has 0 amide bonds. The van der Waals surface area contributed by atoms with Gasteiger partial charge in [0.2, 0.25) is 0 Å². The maximum absolute atomic E-state index is 2.71. The zero-order valence-corrected chi connectivity index (χ0v) is 16.6. The molecular weight excluding hydrogens is 300 g/mol. The molecule has 0 aromatic carbocycles. The van der Waals surface area contributed by atoms with Gasteiger partial charge in [-0.05, 0) is 93.8 Å². The van der Waals surface area contributed by atoms with Crippen molar-refractivity contribution in [1.82, 2.24) is 0 Å². The van der Waals surface area contributed by atoms with Crippen molar-refractivity contribution in [2.45, 2.75) is 84.5 Å². The Labute approximate surface area is 155 Å². The molecule has 0 aliphatic heterocycles. The zero-order chi connectivity index (χ0) is 17.2. The monoisotopic (exact) mass is 338 g/mol. The fourth-order valence-electron chi connectivity index (χ4n) is 6.74. The SMILES string of the molecule is CC1=CCC2C(/C=C\CC3CCCC=C3C(C3CCCCC3)C2C)C1. The molecule has 5 unspecified atom stereocenters. The van der Waals surface area contributed by atoms with Crippen LogP contribution in [0, 0.1) is 35.5 Å². The molecule has 0 saturated heterocycles. The molecule has 0 spiro atoms. The maximum Gasteiger partial charge on any atom is -0.0143 e. The van der Waals surface area contributed by atoms with E-state index in [0.29, 0.717) is 0 Å². The molecule has 25 heavy (non-hydrogen) atoms. The fraction of sp³-hybridized carbons (Fsp3) is 0.760. The van der Waals surface area contributed by atoms with Crippen molar-refractivity contribution in [3.8, 4) is 0 Å². The van der Waals surface area contributed by atoms with Crippen molar-refractivity contribution in [3.63, 3.8) is 0 Å². The van der Waals surface area contributed by atoms with E-state index in [9.17, 15) is 0 Å². The molecule has 0 nitrogen and oxygen atoms in total. The van der Waals surface area contributed by atoms with Crippen LogP contribution in [0.15, 0.2) is 35.5 Å². The Morgan fingerprint density at radius 3 is 2.60 bits per heavy atom. The Morgan fingerprint density at radius 1 is 0.920 bits per heavy atom. The quantitative estimate of drug-likeness (QED) is 0.435. The lowest BCUT2D eigenvalue weighted by Crippen LogP contribution is -2.35. The van der Waals surface area contributed by atoms with Gasteiger partial charge in [0.05, 0.1) is 0 Å². The Morgan fingerprint density at radius 2 is 1.76 bits per heavy atom. The van der Waals surface area contributed by atoms with Gasteiger partial charge in [0.1, 0.15) is 0 Å². The van der Waals surface area contributed by atoms with Crippen LogP contribution in [0.1, 0.15) is 84.5 Å². The molecule has 4 rings (SSSR count). The van der Waals surface area contributed by atoms with E-state index in [0.717, 1.165) is 35.5 Å².